The minimum atomic E-state index is -0.129. The average molecular weight is 456 g/mol. The zero-order valence-corrected chi connectivity index (χ0v) is 18.4. The van der Waals surface area contributed by atoms with Gasteiger partial charge < -0.3 is 14.8 Å². The zero-order chi connectivity index (χ0) is 21.4. The van der Waals surface area contributed by atoms with Gasteiger partial charge in [0.05, 0.1) is 11.1 Å². The van der Waals surface area contributed by atoms with Crippen molar-refractivity contribution in [2.24, 2.45) is 0 Å². The van der Waals surface area contributed by atoms with E-state index in [9.17, 15) is 9.59 Å². The number of allylic oxidation sites excluding steroid dienone is 1. The standard InChI is InChI=1S/C22H21N3O4S2/c1-2-8-25-21(27)19-14-4-3-5-17(14)31-20(19)24-22(25)30-11-18(26)23-10-13-6-7-15-16(9-13)29-12-28-15/h2,6-7,9H,1,3-5,8,10-12H2,(H,23,26). The lowest BCUT2D eigenvalue weighted by molar-refractivity contribution is -0.118. The lowest BCUT2D eigenvalue weighted by Crippen LogP contribution is -2.26. The second-order valence-electron chi connectivity index (χ2n) is 7.39. The van der Waals surface area contributed by atoms with E-state index in [4.69, 9.17) is 14.5 Å². The number of hydrogen-bond acceptors (Lipinski definition) is 7. The number of fused-ring (bicyclic) bond motifs is 4. The summed E-state index contributed by atoms with van der Waals surface area (Å²) in [6.07, 6.45) is 4.74. The summed E-state index contributed by atoms with van der Waals surface area (Å²) in [6.45, 7) is 4.75. The monoisotopic (exact) mass is 455 g/mol. The molecule has 0 unspecified atom stereocenters. The van der Waals surface area contributed by atoms with Crippen molar-refractivity contribution in [3.8, 4) is 11.5 Å². The predicted molar refractivity (Wildman–Crippen MR) is 121 cm³/mol. The maximum atomic E-state index is 13.2. The number of hydrogen-bond donors (Lipinski definition) is 1. The molecule has 3 aromatic rings. The molecule has 0 spiro atoms. The van der Waals surface area contributed by atoms with Crippen LogP contribution in [-0.4, -0.2) is 28.0 Å². The Bertz CT molecular complexity index is 1250. The van der Waals surface area contributed by atoms with Crippen LogP contribution in [0.2, 0.25) is 0 Å². The van der Waals surface area contributed by atoms with Crippen molar-refractivity contribution in [3.63, 3.8) is 0 Å². The van der Waals surface area contributed by atoms with Crippen molar-refractivity contribution >= 4 is 39.2 Å². The Labute approximate surface area is 187 Å². The molecule has 7 nitrogen and oxygen atoms in total. The second kappa shape index (κ2) is 8.39. The molecule has 1 amide bonds. The van der Waals surface area contributed by atoms with Gasteiger partial charge in [0.1, 0.15) is 4.83 Å². The molecular formula is C22H21N3O4S2. The van der Waals surface area contributed by atoms with Crippen LogP contribution >= 0.6 is 23.1 Å². The lowest BCUT2D eigenvalue weighted by Gasteiger charge is -2.11. The number of carbonyl (C=O) groups excluding carboxylic acids is 1. The Kier molecular flexibility index (Phi) is 5.45. The molecule has 0 bridgehead atoms. The third-order valence-electron chi connectivity index (χ3n) is 5.36. The molecule has 9 heteroatoms. The number of benzene rings is 1. The van der Waals surface area contributed by atoms with Crippen molar-refractivity contribution in [1.29, 1.82) is 0 Å². The number of nitrogens with one attached hydrogen (secondary N) is 1. The van der Waals surface area contributed by atoms with Crippen LogP contribution in [0.25, 0.3) is 10.2 Å². The molecule has 3 heterocycles. The van der Waals surface area contributed by atoms with Gasteiger partial charge in [0.2, 0.25) is 12.7 Å². The average Bonchev–Trinajstić information content (AvgIpc) is 3.48. The Hall–Kier alpha value is -2.78. The molecule has 1 N–H and O–H groups in total. The first-order valence-electron chi connectivity index (χ1n) is 10.1. The quantitative estimate of drug-likeness (QED) is 0.335. The van der Waals surface area contributed by atoms with Crippen LogP contribution in [0.15, 0.2) is 40.8 Å². The second-order valence-corrected chi connectivity index (χ2v) is 9.42. The molecule has 1 aromatic carbocycles. The van der Waals surface area contributed by atoms with E-state index in [0.29, 0.717) is 29.7 Å². The predicted octanol–water partition coefficient (Wildman–Crippen LogP) is 3.27. The summed E-state index contributed by atoms with van der Waals surface area (Å²) in [5.41, 5.74) is 2.06. The number of aryl methyl sites for hydroxylation is 2. The van der Waals surface area contributed by atoms with E-state index in [1.165, 1.54) is 16.6 Å². The van der Waals surface area contributed by atoms with Gasteiger partial charge in [0.25, 0.3) is 5.56 Å². The van der Waals surface area contributed by atoms with Crippen LogP contribution in [0.3, 0.4) is 0 Å². The SMILES string of the molecule is C=CCn1c(SCC(=O)NCc2ccc3c(c2)OCO3)nc2sc3c(c2c1=O)CCC3. The van der Waals surface area contributed by atoms with E-state index < -0.39 is 0 Å². The fourth-order valence-electron chi connectivity index (χ4n) is 3.89. The van der Waals surface area contributed by atoms with E-state index in [0.717, 1.165) is 40.6 Å². The van der Waals surface area contributed by atoms with Crippen molar-refractivity contribution in [2.75, 3.05) is 12.5 Å². The molecule has 0 saturated heterocycles. The highest BCUT2D eigenvalue weighted by Crippen LogP contribution is 2.35. The summed E-state index contributed by atoms with van der Waals surface area (Å²) < 4.78 is 12.3. The van der Waals surface area contributed by atoms with Gasteiger partial charge in [-0.1, -0.05) is 23.9 Å². The van der Waals surface area contributed by atoms with Crippen LogP contribution < -0.4 is 20.3 Å². The molecule has 0 saturated carbocycles. The highest BCUT2D eigenvalue weighted by atomic mass is 32.2. The fourth-order valence-corrected chi connectivity index (χ4v) is 6.03. The highest BCUT2D eigenvalue weighted by Gasteiger charge is 2.23. The van der Waals surface area contributed by atoms with Crippen molar-refractivity contribution in [2.45, 2.75) is 37.5 Å². The Morgan fingerprint density at radius 3 is 3.06 bits per heavy atom. The van der Waals surface area contributed by atoms with Gasteiger partial charge in [-0.15, -0.1) is 17.9 Å². The molecule has 0 fully saturated rings. The van der Waals surface area contributed by atoms with Crippen molar-refractivity contribution in [1.82, 2.24) is 14.9 Å². The number of thioether (sulfide) groups is 1. The first-order chi connectivity index (χ1) is 15.1. The van der Waals surface area contributed by atoms with Gasteiger partial charge in [-0.3, -0.25) is 14.2 Å². The van der Waals surface area contributed by atoms with Gasteiger partial charge >= 0.3 is 0 Å². The fraction of sp³-hybridized carbons (Fsp3) is 0.318. The Morgan fingerprint density at radius 2 is 2.19 bits per heavy atom. The third-order valence-corrected chi connectivity index (χ3v) is 7.52. The van der Waals surface area contributed by atoms with Crippen LogP contribution in [0.1, 0.15) is 22.4 Å². The summed E-state index contributed by atoms with van der Waals surface area (Å²) in [5.74, 6) is 1.45. The minimum absolute atomic E-state index is 0.0347. The number of aromatic nitrogens is 2. The maximum absolute atomic E-state index is 13.2. The first-order valence-corrected chi connectivity index (χ1v) is 11.9. The minimum Gasteiger partial charge on any atom is -0.454 e. The maximum Gasteiger partial charge on any atom is 0.263 e. The first kappa shape index (κ1) is 20.1. The van der Waals surface area contributed by atoms with Crippen LogP contribution in [0.5, 0.6) is 11.5 Å². The molecule has 31 heavy (non-hydrogen) atoms. The Balaban J connectivity index is 1.29. The molecule has 2 aliphatic rings. The van der Waals surface area contributed by atoms with Gasteiger partial charge in [-0.25, -0.2) is 4.98 Å². The number of ether oxygens (including phenoxy) is 2. The van der Waals surface area contributed by atoms with Crippen LogP contribution in [-0.2, 0) is 30.7 Å². The van der Waals surface area contributed by atoms with Gasteiger partial charge in [-0.2, -0.15) is 0 Å². The molecule has 160 valence electrons. The van der Waals surface area contributed by atoms with Crippen LogP contribution in [0.4, 0.5) is 0 Å². The largest absolute Gasteiger partial charge is 0.454 e. The summed E-state index contributed by atoms with van der Waals surface area (Å²) in [7, 11) is 0. The lowest BCUT2D eigenvalue weighted by atomic mass is 10.2. The smallest absolute Gasteiger partial charge is 0.263 e. The van der Waals surface area contributed by atoms with Gasteiger partial charge in [0.15, 0.2) is 16.7 Å². The molecule has 1 aliphatic heterocycles. The van der Waals surface area contributed by atoms with E-state index >= 15 is 0 Å². The van der Waals surface area contributed by atoms with E-state index in [-0.39, 0.29) is 24.0 Å². The third kappa shape index (κ3) is 3.83. The molecule has 1 aliphatic carbocycles. The molecule has 0 atom stereocenters. The summed E-state index contributed by atoms with van der Waals surface area (Å²) >= 11 is 2.88. The summed E-state index contributed by atoms with van der Waals surface area (Å²) in [4.78, 5) is 32.4. The Morgan fingerprint density at radius 1 is 1.32 bits per heavy atom. The van der Waals surface area contributed by atoms with Crippen molar-refractivity contribution in [3.05, 3.63) is 57.2 Å². The molecular weight excluding hydrogens is 434 g/mol. The normalized spacial score (nSPS) is 14.1. The summed E-state index contributed by atoms with van der Waals surface area (Å²) in [6, 6.07) is 5.60. The topological polar surface area (TPSA) is 82.5 Å². The molecule has 0 radical (unpaired) electrons. The number of thiophene rings is 1. The van der Waals surface area contributed by atoms with Crippen molar-refractivity contribution < 1.29 is 14.3 Å². The van der Waals surface area contributed by atoms with E-state index in [2.05, 4.69) is 11.9 Å². The molecule has 2 aromatic heterocycles. The van der Waals surface area contributed by atoms with E-state index in [1.54, 1.807) is 22.0 Å². The van der Waals surface area contributed by atoms with Crippen LogP contribution in [0, 0.1) is 0 Å². The number of rotatable bonds is 7. The highest BCUT2D eigenvalue weighted by molar-refractivity contribution is 7.99. The number of nitrogens with zero attached hydrogens (tertiary/aromatic N) is 2. The van der Waals surface area contributed by atoms with Gasteiger partial charge in [0, 0.05) is 18.0 Å². The van der Waals surface area contributed by atoms with E-state index in [1.807, 2.05) is 18.2 Å². The van der Waals surface area contributed by atoms with Gasteiger partial charge in [-0.05, 0) is 42.5 Å². The molecule has 5 rings (SSSR count). The number of amides is 1. The number of carbonyl (C=O) groups is 1. The zero-order valence-electron chi connectivity index (χ0n) is 16.8. The summed E-state index contributed by atoms with van der Waals surface area (Å²) in [5, 5.41) is 4.20.